The Morgan fingerprint density at radius 3 is 1.61 bits per heavy atom. The molecule has 0 aliphatic heterocycles. The van der Waals surface area contributed by atoms with Gasteiger partial charge in [0.1, 0.15) is 0 Å². The molecular formula is C16H38N2O14P4. The minimum Gasteiger partial charge on any atom is -0.481 e. The molecule has 0 aliphatic carbocycles. The van der Waals surface area contributed by atoms with E-state index in [4.69, 9.17) is 5.73 Å². The highest BCUT2D eigenvalue weighted by Crippen LogP contribution is 2.78. The van der Waals surface area contributed by atoms with E-state index in [0.29, 0.717) is 12.8 Å². The fraction of sp³-hybridized carbons (Fsp3) is 0.938. The molecule has 216 valence electrons. The van der Waals surface area contributed by atoms with Gasteiger partial charge in [-0.1, -0.05) is 45.4 Å². The van der Waals surface area contributed by atoms with Gasteiger partial charge in [-0.25, -0.2) is 0 Å². The van der Waals surface area contributed by atoms with Crippen molar-refractivity contribution in [1.82, 2.24) is 4.90 Å². The molecule has 0 aliphatic rings. The molecule has 0 bridgehead atoms. The van der Waals surface area contributed by atoms with Crippen LogP contribution in [0.3, 0.4) is 0 Å². The Labute approximate surface area is 208 Å². The van der Waals surface area contributed by atoms with E-state index in [0.717, 1.165) is 19.3 Å². The van der Waals surface area contributed by atoms with Crippen molar-refractivity contribution in [3.8, 4) is 0 Å². The van der Waals surface area contributed by atoms with Gasteiger partial charge in [0.15, 0.2) is 0 Å². The molecule has 0 amide bonds. The van der Waals surface area contributed by atoms with Gasteiger partial charge in [0.25, 0.3) is 0 Å². The predicted molar refractivity (Wildman–Crippen MR) is 129 cm³/mol. The standard InChI is InChI=1S/C16H38N2O14P4/c1-2-3-4-5-6-7-9-13(12-14(19)20)16(35(27,28)29,36(30,31)32)18(11-8-10-17)15(33(21,22)23)34(24,25)26/h13,15H,2-12,17H2,1H3,(H,19,20)(H2,21,22,23)(H2,24,25,26)(H2,27,28,29)(H2,30,31,32). The first-order valence-electron chi connectivity index (χ1n) is 11.1. The average molecular weight is 606 g/mol. The van der Waals surface area contributed by atoms with Crippen LogP contribution in [-0.4, -0.2) is 78.8 Å². The van der Waals surface area contributed by atoms with Gasteiger partial charge < -0.3 is 50.0 Å². The molecule has 0 saturated heterocycles. The van der Waals surface area contributed by atoms with Gasteiger partial charge in [0.05, 0.1) is 6.42 Å². The summed E-state index contributed by atoms with van der Waals surface area (Å²) < 4.78 is 50.2. The molecule has 36 heavy (non-hydrogen) atoms. The van der Waals surface area contributed by atoms with Crippen LogP contribution in [0, 0.1) is 5.92 Å². The lowest BCUT2D eigenvalue weighted by Gasteiger charge is -2.50. The van der Waals surface area contributed by atoms with Crippen molar-refractivity contribution in [2.45, 2.75) is 75.3 Å². The molecule has 0 rings (SSSR count). The lowest BCUT2D eigenvalue weighted by Crippen LogP contribution is -2.58. The molecular weight excluding hydrogens is 568 g/mol. The Bertz CT molecular complexity index is 849. The summed E-state index contributed by atoms with van der Waals surface area (Å²) in [5.74, 6) is -3.92. The number of nitrogens with two attached hydrogens (primary N) is 1. The highest BCUT2D eigenvalue weighted by Gasteiger charge is 2.72. The molecule has 11 N–H and O–H groups in total. The van der Waals surface area contributed by atoms with Gasteiger partial charge in [-0.05, 0) is 19.4 Å². The Morgan fingerprint density at radius 1 is 0.806 bits per heavy atom. The van der Waals surface area contributed by atoms with Crippen LogP contribution in [0.4, 0.5) is 0 Å². The van der Waals surface area contributed by atoms with Crippen LogP contribution in [0.2, 0.25) is 0 Å². The Hall–Kier alpha value is -0.0100. The van der Waals surface area contributed by atoms with Gasteiger partial charge in [0.2, 0.25) is 10.5 Å². The number of carboxylic acid groups (broad SMARTS) is 1. The molecule has 0 aromatic heterocycles. The van der Waals surface area contributed by atoms with Crippen LogP contribution < -0.4 is 5.73 Å². The number of hydrogen-bond donors (Lipinski definition) is 10. The zero-order valence-corrected chi connectivity index (χ0v) is 23.4. The van der Waals surface area contributed by atoms with E-state index in [9.17, 15) is 67.3 Å². The number of unbranched alkanes of at least 4 members (excludes halogenated alkanes) is 5. The summed E-state index contributed by atoms with van der Waals surface area (Å²) in [6.07, 6.45) is 1.25. The van der Waals surface area contributed by atoms with Crippen molar-refractivity contribution in [2.75, 3.05) is 13.1 Å². The summed E-state index contributed by atoms with van der Waals surface area (Å²) >= 11 is 0. The van der Waals surface area contributed by atoms with E-state index in [-0.39, 0.29) is 17.9 Å². The SMILES string of the molecule is CCCCCCCCC(CC(=O)O)C(N(CCCN)C(P(=O)(O)O)P(=O)(O)O)(P(=O)(O)O)P(=O)(O)O. The van der Waals surface area contributed by atoms with Crippen LogP contribution in [-0.2, 0) is 23.1 Å². The summed E-state index contributed by atoms with van der Waals surface area (Å²) in [6.45, 7) is 0.497. The van der Waals surface area contributed by atoms with Gasteiger partial charge in [-0.3, -0.25) is 28.0 Å². The fourth-order valence-electron chi connectivity index (χ4n) is 4.30. The second kappa shape index (κ2) is 14.4. The quantitative estimate of drug-likeness (QED) is 0.0727. The van der Waals surface area contributed by atoms with Crippen LogP contribution in [0.1, 0.15) is 64.7 Å². The monoisotopic (exact) mass is 606 g/mol. The Balaban J connectivity index is 7.26. The zero-order valence-electron chi connectivity index (χ0n) is 19.8. The summed E-state index contributed by atoms with van der Waals surface area (Å²) in [4.78, 5) is 91.7. The maximum Gasteiger partial charge on any atom is 0.358 e. The number of aliphatic carboxylic acids is 1. The second-order valence-corrected chi connectivity index (χ2v) is 16.1. The summed E-state index contributed by atoms with van der Waals surface area (Å²) in [5, 5.41) is 5.43. The van der Waals surface area contributed by atoms with E-state index in [1.807, 2.05) is 6.92 Å². The largest absolute Gasteiger partial charge is 0.481 e. The van der Waals surface area contributed by atoms with E-state index >= 15 is 0 Å². The van der Waals surface area contributed by atoms with Crippen molar-refractivity contribution < 1.29 is 67.3 Å². The molecule has 0 fully saturated rings. The molecule has 1 atom stereocenters. The normalized spacial score (nSPS) is 15.0. The number of carboxylic acids is 1. The van der Waals surface area contributed by atoms with E-state index in [1.165, 1.54) is 0 Å². The van der Waals surface area contributed by atoms with Gasteiger partial charge in [-0.15, -0.1) is 0 Å². The number of rotatable bonds is 19. The summed E-state index contributed by atoms with van der Waals surface area (Å²) in [6, 6.07) is 0. The molecule has 0 spiro atoms. The zero-order chi connectivity index (χ0) is 28.6. The second-order valence-electron chi connectivity index (χ2n) is 8.49. The molecule has 16 nitrogen and oxygen atoms in total. The van der Waals surface area contributed by atoms with Gasteiger partial charge >= 0.3 is 36.4 Å². The molecule has 20 heteroatoms. The van der Waals surface area contributed by atoms with Crippen LogP contribution >= 0.6 is 30.4 Å². The number of hydrogen-bond acceptors (Lipinski definition) is 7. The Kier molecular flexibility index (Phi) is 14.4. The van der Waals surface area contributed by atoms with E-state index < -0.39 is 78.6 Å². The van der Waals surface area contributed by atoms with Gasteiger partial charge in [0, 0.05) is 12.5 Å². The van der Waals surface area contributed by atoms with E-state index in [1.54, 1.807) is 0 Å². The van der Waals surface area contributed by atoms with E-state index in [2.05, 4.69) is 0 Å². The first-order chi connectivity index (χ1) is 16.2. The molecule has 1 unspecified atom stereocenters. The van der Waals surface area contributed by atoms with Crippen molar-refractivity contribution in [1.29, 1.82) is 0 Å². The first kappa shape index (κ1) is 36.0. The molecule has 0 saturated carbocycles. The minimum atomic E-state index is -6.32. The third-order valence-electron chi connectivity index (χ3n) is 5.64. The van der Waals surface area contributed by atoms with Crippen molar-refractivity contribution >= 4 is 36.4 Å². The van der Waals surface area contributed by atoms with Gasteiger partial charge in [-0.2, -0.15) is 0 Å². The number of nitrogens with zero attached hydrogens (tertiary/aromatic N) is 1. The molecule has 0 aromatic carbocycles. The maximum atomic E-state index is 12.9. The summed E-state index contributed by atoms with van der Waals surface area (Å²) in [7, 11) is -24.8. The van der Waals surface area contributed by atoms with Crippen molar-refractivity contribution in [2.24, 2.45) is 11.7 Å². The molecule has 0 aromatic rings. The molecule has 0 heterocycles. The third kappa shape index (κ3) is 9.63. The Morgan fingerprint density at radius 2 is 1.25 bits per heavy atom. The van der Waals surface area contributed by atoms with Crippen molar-refractivity contribution in [3.05, 3.63) is 0 Å². The smallest absolute Gasteiger partial charge is 0.358 e. The topological polar surface area (TPSA) is 297 Å². The lowest BCUT2D eigenvalue weighted by atomic mass is 9.95. The van der Waals surface area contributed by atoms with Crippen LogP contribution in [0.5, 0.6) is 0 Å². The summed E-state index contributed by atoms with van der Waals surface area (Å²) in [5.41, 5.74) is 1.96. The van der Waals surface area contributed by atoms with Crippen LogP contribution in [0.25, 0.3) is 0 Å². The fourth-order valence-corrected chi connectivity index (χ4v) is 11.4. The highest BCUT2D eigenvalue weighted by molar-refractivity contribution is 7.73. The molecule has 0 radical (unpaired) electrons. The number of carbonyl (C=O) groups is 1. The van der Waals surface area contributed by atoms with Crippen LogP contribution in [0.15, 0.2) is 0 Å². The first-order valence-corrected chi connectivity index (χ1v) is 17.7. The average Bonchev–Trinajstić information content (AvgIpc) is 2.63. The van der Waals surface area contributed by atoms with Crippen molar-refractivity contribution in [3.63, 3.8) is 0 Å². The minimum absolute atomic E-state index is 0.0185. The third-order valence-corrected chi connectivity index (χ3v) is 13.7. The highest BCUT2D eigenvalue weighted by atomic mass is 31.2. The maximum absolute atomic E-state index is 12.9. The lowest BCUT2D eigenvalue weighted by molar-refractivity contribution is -0.138. The predicted octanol–water partition coefficient (Wildman–Crippen LogP) is 1.13.